The molecule has 0 saturated heterocycles. The molecule has 1 saturated carbocycles. The Balaban J connectivity index is 1.89. The van der Waals surface area contributed by atoms with Crippen molar-refractivity contribution in [2.75, 3.05) is 10.6 Å². The van der Waals surface area contributed by atoms with E-state index in [-0.39, 0.29) is 28.2 Å². The molecule has 2 aromatic carbocycles. The van der Waals surface area contributed by atoms with Crippen molar-refractivity contribution in [3.8, 4) is 0 Å². The van der Waals surface area contributed by atoms with Crippen LogP contribution in [0.3, 0.4) is 0 Å². The standard InChI is InChI=1S/C26H28ClN5O3S/c1-14-6-5-9-19(15(14)2)32(26(35)23-20(28)21(24(29)33)31-36-23)22(16-10-12-17(27)13-11-16)25(34)30-18-7-3-4-8-18/h5-6,9-13,18,22H,3-4,7-8,28H2,1-2H3,(H2,29,33)(H,30,34). The third kappa shape index (κ3) is 5.08. The van der Waals surface area contributed by atoms with E-state index in [0.29, 0.717) is 16.3 Å². The van der Waals surface area contributed by atoms with E-state index < -0.39 is 17.9 Å². The summed E-state index contributed by atoms with van der Waals surface area (Å²) >= 11 is 6.93. The molecule has 0 radical (unpaired) electrons. The number of nitrogens with zero attached hydrogens (tertiary/aromatic N) is 2. The lowest BCUT2D eigenvalue weighted by atomic mass is 9.99. The van der Waals surface area contributed by atoms with Crippen molar-refractivity contribution >= 4 is 52.2 Å². The summed E-state index contributed by atoms with van der Waals surface area (Å²) < 4.78 is 4.00. The molecule has 0 spiro atoms. The SMILES string of the molecule is Cc1cccc(N(C(=O)c2snc(C(N)=O)c2N)C(C(=O)NC2CCCC2)c2ccc(Cl)cc2)c1C. The fourth-order valence-corrected chi connectivity index (χ4v) is 5.38. The van der Waals surface area contributed by atoms with Crippen LogP contribution in [-0.2, 0) is 4.79 Å². The van der Waals surface area contributed by atoms with Crippen molar-refractivity contribution in [3.05, 3.63) is 74.7 Å². The van der Waals surface area contributed by atoms with Gasteiger partial charge >= 0.3 is 0 Å². The molecular weight excluding hydrogens is 498 g/mol. The molecule has 36 heavy (non-hydrogen) atoms. The van der Waals surface area contributed by atoms with Gasteiger partial charge in [-0.3, -0.25) is 19.3 Å². The van der Waals surface area contributed by atoms with Gasteiger partial charge in [-0.15, -0.1) is 0 Å². The minimum Gasteiger partial charge on any atom is -0.395 e. The highest BCUT2D eigenvalue weighted by atomic mass is 35.5. The van der Waals surface area contributed by atoms with Gasteiger partial charge in [0.2, 0.25) is 5.91 Å². The molecule has 1 aliphatic rings. The normalized spacial score (nSPS) is 14.4. The molecule has 1 aliphatic carbocycles. The van der Waals surface area contributed by atoms with Crippen molar-refractivity contribution in [1.82, 2.24) is 9.69 Å². The van der Waals surface area contributed by atoms with Crippen LogP contribution >= 0.6 is 23.1 Å². The fourth-order valence-electron chi connectivity index (χ4n) is 4.51. The number of anilines is 2. The van der Waals surface area contributed by atoms with Crippen molar-refractivity contribution in [3.63, 3.8) is 0 Å². The van der Waals surface area contributed by atoms with Crippen LogP contribution in [0.25, 0.3) is 0 Å². The molecule has 1 atom stereocenters. The van der Waals surface area contributed by atoms with Gasteiger partial charge in [0.25, 0.3) is 11.8 Å². The van der Waals surface area contributed by atoms with Gasteiger partial charge < -0.3 is 16.8 Å². The highest BCUT2D eigenvalue weighted by molar-refractivity contribution is 7.09. The number of nitrogens with two attached hydrogens (primary N) is 2. The molecule has 188 valence electrons. The zero-order valence-corrected chi connectivity index (χ0v) is 21.7. The van der Waals surface area contributed by atoms with Crippen LogP contribution in [0.2, 0.25) is 5.02 Å². The smallest absolute Gasteiger partial charge is 0.273 e. The van der Waals surface area contributed by atoms with Crippen LogP contribution in [0.15, 0.2) is 42.5 Å². The van der Waals surface area contributed by atoms with Gasteiger partial charge in [-0.2, -0.15) is 4.37 Å². The van der Waals surface area contributed by atoms with Crippen LogP contribution < -0.4 is 21.7 Å². The lowest BCUT2D eigenvalue weighted by molar-refractivity contribution is -0.123. The average Bonchev–Trinajstić information content (AvgIpc) is 3.49. The van der Waals surface area contributed by atoms with E-state index in [2.05, 4.69) is 9.69 Å². The van der Waals surface area contributed by atoms with Crippen LogP contribution in [0, 0.1) is 13.8 Å². The Morgan fingerprint density at radius 2 is 1.78 bits per heavy atom. The van der Waals surface area contributed by atoms with E-state index in [1.807, 2.05) is 26.0 Å². The van der Waals surface area contributed by atoms with Crippen LogP contribution in [-0.4, -0.2) is 28.1 Å². The molecule has 0 aliphatic heterocycles. The number of nitrogens with one attached hydrogen (secondary N) is 1. The van der Waals surface area contributed by atoms with Gasteiger partial charge in [-0.25, -0.2) is 0 Å². The second kappa shape index (κ2) is 10.7. The number of halogens is 1. The largest absolute Gasteiger partial charge is 0.395 e. The summed E-state index contributed by atoms with van der Waals surface area (Å²) in [5.74, 6) is -1.68. The number of benzene rings is 2. The number of nitrogen functional groups attached to an aromatic ring is 1. The lowest BCUT2D eigenvalue weighted by Gasteiger charge is -2.33. The second-order valence-electron chi connectivity index (χ2n) is 8.98. The predicted octanol–water partition coefficient (Wildman–Crippen LogP) is 4.54. The molecule has 10 heteroatoms. The van der Waals surface area contributed by atoms with E-state index in [0.717, 1.165) is 48.3 Å². The molecule has 8 nitrogen and oxygen atoms in total. The van der Waals surface area contributed by atoms with Gasteiger partial charge in [-0.05, 0) is 73.1 Å². The summed E-state index contributed by atoms with van der Waals surface area (Å²) in [4.78, 5) is 41.3. The van der Waals surface area contributed by atoms with Gasteiger partial charge in [0.1, 0.15) is 10.9 Å². The maximum Gasteiger partial charge on any atom is 0.273 e. The molecule has 4 rings (SSSR count). The van der Waals surface area contributed by atoms with E-state index >= 15 is 0 Å². The first kappa shape index (κ1) is 25.7. The molecule has 1 heterocycles. The summed E-state index contributed by atoms with van der Waals surface area (Å²) in [6.07, 6.45) is 3.87. The molecule has 3 aromatic rings. The minimum atomic E-state index is -1.02. The Bertz CT molecular complexity index is 1300. The van der Waals surface area contributed by atoms with Crippen molar-refractivity contribution in [2.45, 2.75) is 51.6 Å². The van der Waals surface area contributed by atoms with Crippen molar-refractivity contribution < 1.29 is 14.4 Å². The second-order valence-corrected chi connectivity index (χ2v) is 10.2. The number of aryl methyl sites for hydroxylation is 1. The Kier molecular flexibility index (Phi) is 7.61. The number of hydrogen-bond donors (Lipinski definition) is 3. The van der Waals surface area contributed by atoms with Crippen molar-refractivity contribution in [1.29, 1.82) is 0 Å². The summed E-state index contributed by atoms with van der Waals surface area (Å²) in [7, 11) is 0. The Labute approximate surface area is 218 Å². The maximum absolute atomic E-state index is 14.1. The minimum absolute atomic E-state index is 0.0392. The van der Waals surface area contributed by atoms with Crippen LogP contribution in [0.1, 0.15) is 68.6 Å². The number of aromatic nitrogens is 1. The number of carbonyl (C=O) groups is 3. The maximum atomic E-state index is 14.1. The average molecular weight is 526 g/mol. The summed E-state index contributed by atoms with van der Waals surface area (Å²) in [6.45, 7) is 3.83. The fraction of sp³-hybridized carbons (Fsp3) is 0.308. The van der Waals surface area contributed by atoms with E-state index in [9.17, 15) is 14.4 Å². The number of carbonyl (C=O) groups excluding carboxylic acids is 3. The molecule has 3 amide bonds. The molecule has 1 fully saturated rings. The van der Waals surface area contributed by atoms with Gasteiger partial charge in [0.05, 0.1) is 5.69 Å². The number of primary amides is 1. The predicted molar refractivity (Wildman–Crippen MR) is 142 cm³/mol. The van der Waals surface area contributed by atoms with Crippen LogP contribution in [0.4, 0.5) is 11.4 Å². The first-order valence-corrected chi connectivity index (χ1v) is 12.8. The lowest BCUT2D eigenvalue weighted by Crippen LogP contribution is -2.46. The summed E-state index contributed by atoms with van der Waals surface area (Å²) in [5.41, 5.74) is 14.2. The quantitative estimate of drug-likeness (QED) is 0.416. The first-order chi connectivity index (χ1) is 17.2. The monoisotopic (exact) mass is 525 g/mol. The number of rotatable bonds is 7. The molecular formula is C26H28ClN5O3S. The van der Waals surface area contributed by atoms with Gasteiger partial charge in [0.15, 0.2) is 5.69 Å². The highest BCUT2D eigenvalue weighted by Gasteiger charge is 2.37. The third-order valence-electron chi connectivity index (χ3n) is 6.60. The Hall–Kier alpha value is -3.43. The van der Waals surface area contributed by atoms with Crippen LogP contribution in [0.5, 0.6) is 0 Å². The van der Waals surface area contributed by atoms with Gasteiger partial charge in [-0.1, -0.05) is 48.7 Å². The molecule has 0 bridgehead atoms. The van der Waals surface area contributed by atoms with E-state index in [1.165, 1.54) is 4.90 Å². The summed E-state index contributed by atoms with van der Waals surface area (Å²) in [6, 6.07) is 11.4. The van der Waals surface area contributed by atoms with E-state index in [4.69, 9.17) is 23.1 Å². The number of hydrogen-bond acceptors (Lipinski definition) is 6. The first-order valence-electron chi connectivity index (χ1n) is 11.7. The molecule has 1 aromatic heterocycles. The zero-order valence-electron chi connectivity index (χ0n) is 20.1. The van der Waals surface area contributed by atoms with E-state index in [1.54, 1.807) is 30.3 Å². The topological polar surface area (TPSA) is 131 Å². The highest BCUT2D eigenvalue weighted by Crippen LogP contribution is 2.36. The molecule has 1 unspecified atom stereocenters. The Morgan fingerprint density at radius 3 is 2.39 bits per heavy atom. The molecule has 5 N–H and O–H groups in total. The third-order valence-corrected chi connectivity index (χ3v) is 7.71. The zero-order chi connectivity index (χ0) is 26.0. The summed E-state index contributed by atoms with van der Waals surface area (Å²) in [5, 5.41) is 3.65. The number of amides is 3. The van der Waals surface area contributed by atoms with Crippen molar-refractivity contribution in [2.24, 2.45) is 5.73 Å². The van der Waals surface area contributed by atoms with Gasteiger partial charge in [0, 0.05) is 16.8 Å². The Morgan fingerprint density at radius 1 is 1.11 bits per heavy atom.